The minimum Gasteiger partial charge on any atom is -0.495 e. The van der Waals surface area contributed by atoms with Crippen molar-refractivity contribution in [2.45, 2.75) is 57.5 Å². The molecule has 0 fully saturated rings. The minimum absolute atomic E-state index is 0.00511. The Kier molecular flexibility index (Phi) is 12.6. The predicted octanol–water partition coefficient (Wildman–Crippen LogP) is 6.88. The smallest absolute Gasteiger partial charge is 0.264 e. The van der Waals surface area contributed by atoms with Gasteiger partial charge in [0.2, 0.25) is 11.8 Å². The number of carbonyl (C=O) groups excluding carboxylic acids is 2. The number of nitrogens with one attached hydrogen (secondary N) is 1. The first kappa shape index (κ1) is 34.5. The average molecular weight is 669 g/mol. The van der Waals surface area contributed by atoms with Crippen molar-refractivity contribution < 1.29 is 22.7 Å². The highest BCUT2D eigenvalue weighted by Gasteiger charge is 2.34. The van der Waals surface area contributed by atoms with Crippen LogP contribution in [0.2, 0.25) is 15.1 Å². The van der Waals surface area contributed by atoms with E-state index in [0.29, 0.717) is 27.9 Å². The molecule has 0 radical (unpaired) electrons. The molecule has 232 valence electrons. The van der Waals surface area contributed by atoms with E-state index < -0.39 is 28.5 Å². The Morgan fingerprint density at radius 1 is 0.953 bits per heavy atom. The van der Waals surface area contributed by atoms with Crippen LogP contribution in [-0.2, 0) is 26.2 Å². The number of sulfonamides is 1. The quantitative estimate of drug-likeness (QED) is 0.189. The number of anilines is 1. The summed E-state index contributed by atoms with van der Waals surface area (Å²) in [6.07, 6.45) is 1.95. The topological polar surface area (TPSA) is 96.0 Å². The van der Waals surface area contributed by atoms with Crippen LogP contribution < -0.4 is 14.4 Å². The van der Waals surface area contributed by atoms with Crippen LogP contribution in [-0.4, -0.2) is 51.4 Å². The van der Waals surface area contributed by atoms with Crippen molar-refractivity contribution in [2.75, 3.05) is 24.5 Å². The SMILES string of the molecule is CCCCNC(=O)[C@@H](CC)N(Cc1ccc(Cl)cc1Cl)C(=O)CN(c1ccc(OC)c(Cl)c1)S(=O)(=O)c1ccc(C)cc1. The molecule has 0 spiro atoms. The number of methoxy groups -OCH3 is 1. The fourth-order valence-corrected chi connectivity index (χ4v) is 6.56. The maximum Gasteiger partial charge on any atom is 0.264 e. The second-order valence-corrected chi connectivity index (χ2v) is 13.1. The molecule has 0 bridgehead atoms. The van der Waals surface area contributed by atoms with Crippen LogP contribution in [0.25, 0.3) is 0 Å². The van der Waals surface area contributed by atoms with E-state index in [1.54, 1.807) is 37.3 Å². The third kappa shape index (κ3) is 8.79. The van der Waals surface area contributed by atoms with Gasteiger partial charge in [-0.15, -0.1) is 0 Å². The highest BCUT2D eigenvalue weighted by Crippen LogP contribution is 2.32. The second-order valence-electron chi connectivity index (χ2n) is 9.97. The first-order valence-corrected chi connectivity index (χ1v) is 16.4. The Labute approximate surface area is 268 Å². The highest BCUT2D eigenvalue weighted by molar-refractivity contribution is 7.92. The van der Waals surface area contributed by atoms with Crippen molar-refractivity contribution in [3.05, 3.63) is 86.9 Å². The zero-order chi connectivity index (χ0) is 31.7. The molecule has 0 saturated carbocycles. The highest BCUT2D eigenvalue weighted by atomic mass is 35.5. The minimum atomic E-state index is -4.25. The molecule has 3 rings (SSSR count). The summed E-state index contributed by atoms with van der Waals surface area (Å²) >= 11 is 18.9. The summed E-state index contributed by atoms with van der Waals surface area (Å²) in [5, 5.41) is 3.80. The maximum atomic E-state index is 14.2. The van der Waals surface area contributed by atoms with Crippen molar-refractivity contribution in [2.24, 2.45) is 0 Å². The number of unbranched alkanes of at least 4 members (excludes halogenated alkanes) is 1. The molecule has 0 aliphatic rings. The first-order valence-electron chi connectivity index (χ1n) is 13.9. The van der Waals surface area contributed by atoms with Crippen LogP contribution in [0.1, 0.15) is 44.2 Å². The number of benzene rings is 3. The lowest BCUT2D eigenvalue weighted by Gasteiger charge is -2.33. The number of hydrogen-bond donors (Lipinski definition) is 1. The Bertz CT molecular complexity index is 1530. The third-order valence-electron chi connectivity index (χ3n) is 6.88. The average Bonchev–Trinajstić information content (AvgIpc) is 2.97. The molecule has 12 heteroatoms. The van der Waals surface area contributed by atoms with Crippen molar-refractivity contribution in [1.82, 2.24) is 10.2 Å². The van der Waals surface area contributed by atoms with Gasteiger partial charge in [0, 0.05) is 23.1 Å². The molecule has 43 heavy (non-hydrogen) atoms. The summed E-state index contributed by atoms with van der Waals surface area (Å²) in [5.74, 6) is -0.598. The van der Waals surface area contributed by atoms with E-state index in [-0.39, 0.29) is 34.5 Å². The molecule has 1 atom stereocenters. The van der Waals surface area contributed by atoms with E-state index in [4.69, 9.17) is 39.5 Å². The van der Waals surface area contributed by atoms with Gasteiger partial charge >= 0.3 is 0 Å². The van der Waals surface area contributed by atoms with Gasteiger partial charge in [0.15, 0.2) is 0 Å². The molecule has 0 heterocycles. The molecule has 1 N–H and O–H groups in total. The summed E-state index contributed by atoms with van der Waals surface area (Å²) in [7, 11) is -2.80. The predicted molar refractivity (Wildman–Crippen MR) is 173 cm³/mol. The van der Waals surface area contributed by atoms with E-state index in [2.05, 4.69) is 5.32 Å². The number of hydrogen-bond acceptors (Lipinski definition) is 5. The van der Waals surface area contributed by atoms with Crippen LogP contribution in [0.4, 0.5) is 5.69 Å². The number of carbonyl (C=O) groups is 2. The van der Waals surface area contributed by atoms with E-state index in [0.717, 1.165) is 22.7 Å². The van der Waals surface area contributed by atoms with Crippen LogP contribution in [0.3, 0.4) is 0 Å². The zero-order valence-electron chi connectivity index (χ0n) is 24.6. The van der Waals surface area contributed by atoms with Gasteiger partial charge < -0.3 is 15.0 Å². The molecule has 3 aromatic rings. The lowest BCUT2D eigenvalue weighted by Crippen LogP contribution is -2.52. The van der Waals surface area contributed by atoms with Gasteiger partial charge in [-0.05, 0) is 67.8 Å². The van der Waals surface area contributed by atoms with Crippen LogP contribution in [0.5, 0.6) is 5.75 Å². The van der Waals surface area contributed by atoms with Gasteiger partial charge in [-0.2, -0.15) is 0 Å². The summed E-state index contributed by atoms with van der Waals surface area (Å²) in [4.78, 5) is 28.9. The fourth-order valence-electron chi connectivity index (χ4n) is 4.44. The largest absolute Gasteiger partial charge is 0.495 e. The van der Waals surface area contributed by atoms with Gasteiger partial charge in [-0.25, -0.2) is 8.42 Å². The van der Waals surface area contributed by atoms with Gasteiger partial charge in [0.1, 0.15) is 18.3 Å². The van der Waals surface area contributed by atoms with Gasteiger partial charge in [0.05, 0.1) is 22.7 Å². The Morgan fingerprint density at radius 2 is 1.65 bits per heavy atom. The summed E-state index contributed by atoms with van der Waals surface area (Å²) in [6.45, 7) is 5.44. The molecule has 8 nitrogen and oxygen atoms in total. The summed E-state index contributed by atoms with van der Waals surface area (Å²) in [6, 6.07) is 14.8. The summed E-state index contributed by atoms with van der Waals surface area (Å²) < 4.78 is 34.3. The molecule has 0 aliphatic heterocycles. The number of amides is 2. The lowest BCUT2D eigenvalue weighted by molar-refractivity contribution is -0.140. The van der Waals surface area contributed by atoms with Crippen LogP contribution in [0.15, 0.2) is 65.6 Å². The summed E-state index contributed by atoms with van der Waals surface area (Å²) in [5.41, 5.74) is 1.59. The molecule has 0 aliphatic carbocycles. The monoisotopic (exact) mass is 667 g/mol. The number of rotatable bonds is 14. The Hall–Kier alpha value is -2.98. The molecular formula is C31H36Cl3N3O5S. The van der Waals surface area contributed by atoms with Gasteiger partial charge in [-0.3, -0.25) is 13.9 Å². The third-order valence-corrected chi connectivity index (χ3v) is 9.55. The van der Waals surface area contributed by atoms with E-state index in [1.165, 1.54) is 42.3 Å². The molecule has 0 unspecified atom stereocenters. The molecule has 2 amide bonds. The lowest BCUT2D eigenvalue weighted by atomic mass is 10.1. The van der Waals surface area contributed by atoms with Crippen molar-refractivity contribution in [1.29, 1.82) is 0 Å². The Balaban J connectivity index is 2.09. The van der Waals surface area contributed by atoms with Crippen molar-refractivity contribution in [3.63, 3.8) is 0 Å². The maximum absolute atomic E-state index is 14.2. The molecular weight excluding hydrogens is 633 g/mol. The first-order chi connectivity index (χ1) is 20.4. The zero-order valence-corrected chi connectivity index (χ0v) is 27.7. The Morgan fingerprint density at radius 3 is 2.23 bits per heavy atom. The van der Waals surface area contributed by atoms with Crippen LogP contribution in [0, 0.1) is 6.92 Å². The van der Waals surface area contributed by atoms with E-state index in [1.807, 2.05) is 13.8 Å². The molecule has 0 saturated heterocycles. The number of ether oxygens (including phenoxy) is 1. The van der Waals surface area contributed by atoms with Crippen molar-refractivity contribution in [3.8, 4) is 5.75 Å². The molecule has 0 aromatic heterocycles. The van der Waals surface area contributed by atoms with Crippen molar-refractivity contribution >= 4 is 62.3 Å². The standard InChI is InChI=1S/C31H36Cl3N3O5S/c1-5-7-16-35-31(39)28(6-2)36(19-22-10-11-23(32)17-26(22)33)30(38)20-37(24-12-15-29(42-4)27(34)18-24)43(40,41)25-13-8-21(3)9-14-25/h8-15,17-18,28H,5-7,16,19-20H2,1-4H3,(H,35,39)/t28-/m1/s1. The van der Waals surface area contributed by atoms with E-state index in [9.17, 15) is 18.0 Å². The van der Waals surface area contributed by atoms with Gasteiger partial charge in [0.25, 0.3) is 10.0 Å². The van der Waals surface area contributed by atoms with Gasteiger partial charge in [-0.1, -0.05) is 78.8 Å². The van der Waals surface area contributed by atoms with E-state index >= 15 is 0 Å². The number of halogens is 3. The van der Waals surface area contributed by atoms with Crippen LogP contribution >= 0.6 is 34.8 Å². The number of aryl methyl sites for hydroxylation is 1. The fraction of sp³-hybridized carbons (Fsp3) is 0.355. The molecule has 3 aromatic carbocycles. The second kappa shape index (κ2) is 15.7. The normalized spacial score (nSPS) is 12.0. The number of nitrogens with zero attached hydrogens (tertiary/aromatic N) is 2.